The van der Waals surface area contributed by atoms with Crippen LogP contribution in [0.5, 0.6) is 11.5 Å². The highest BCUT2D eigenvalue weighted by atomic mass is 16.5. The van der Waals surface area contributed by atoms with Crippen molar-refractivity contribution in [2.45, 2.75) is 97.6 Å². The van der Waals surface area contributed by atoms with Crippen LogP contribution in [0.3, 0.4) is 0 Å². The van der Waals surface area contributed by atoms with E-state index in [4.69, 9.17) is 9.47 Å². The topological polar surface area (TPSA) is 42.7 Å². The van der Waals surface area contributed by atoms with E-state index >= 15 is 0 Å². The number of carbonyl (C=O) groups is 1. The van der Waals surface area contributed by atoms with Gasteiger partial charge in [-0.2, -0.15) is 0 Å². The number of hydrogen-bond donors (Lipinski definition) is 0. The van der Waals surface area contributed by atoms with Crippen LogP contribution in [0, 0.1) is 0 Å². The van der Waals surface area contributed by atoms with Gasteiger partial charge in [0.15, 0.2) is 23.9 Å². The SMILES string of the molecule is CCCCCCCCCCCCOc1ccc(CN(C(=O)c2ccc[n+](CCC)c2)c2ccccc2)cc1OC. The van der Waals surface area contributed by atoms with E-state index < -0.39 is 0 Å². The molecule has 0 spiro atoms. The summed E-state index contributed by atoms with van der Waals surface area (Å²) in [7, 11) is 1.67. The number of amides is 1. The third-order valence-electron chi connectivity index (χ3n) is 7.22. The molecule has 3 rings (SSSR count). The van der Waals surface area contributed by atoms with Crippen LogP contribution in [0.2, 0.25) is 0 Å². The number of hydrogen-bond acceptors (Lipinski definition) is 3. The van der Waals surface area contributed by atoms with Gasteiger partial charge in [0.1, 0.15) is 12.1 Å². The van der Waals surface area contributed by atoms with Crippen molar-refractivity contribution >= 4 is 11.6 Å². The van der Waals surface area contributed by atoms with Gasteiger partial charge in [-0.1, -0.05) is 95.9 Å². The molecule has 1 aromatic heterocycles. The number of unbranched alkanes of at least 4 members (excludes halogenated alkanes) is 9. The number of rotatable bonds is 19. The summed E-state index contributed by atoms with van der Waals surface area (Å²) in [6, 6.07) is 19.6. The molecule has 0 aliphatic heterocycles. The number of anilines is 1. The molecule has 5 heteroatoms. The van der Waals surface area contributed by atoms with Gasteiger partial charge in [-0.3, -0.25) is 4.79 Å². The van der Waals surface area contributed by atoms with Gasteiger partial charge in [0.05, 0.1) is 20.3 Å². The van der Waals surface area contributed by atoms with Crippen LogP contribution in [0.1, 0.15) is 100 Å². The molecule has 0 aliphatic rings. The number of methoxy groups -OCH3 is 1. The van der Waals surface area contributed by atoms with Gasteiger partial charge in [0.25, 0.3) is 5.91 Å². The van der Waals surface area contributed by atoms with E-state index in [1.165, 1.54) is 57.8 Å². The fourth-order valence-electron chi connectivity index (χ4n) is 4.97. The minimum atomic E-state index is -0.0306. The standard InChI is InChI=1S/C35H49N2O3/c1-4-6-7-8-9-10-11-12-13-17-26-40-33-23-22-30(27-34(33)39-3)28-37(32-20-15-14-16-21-32)35(38)31-19-18-25-36(29-31)24-5-2/h14-16,18-23,25,27,29H,4-13,17,24,26,28H2,1-3H3/q+1. The predicted octanol–water partition coefficient (Wildman–Crippen LogP) is 8.54. The maximum atomic E-state index is 13.7. The van der Waals surface area contributed by atoms with E-state index in [2.05, 4.69) is 18.4 Å². The lowest BCUT2D eigenvalue weighted by Gasteiger charge is -2.23. The summed E-state index contributed by atoms with van der Waals surface area (Å²) in [6.07, 6.45) is 18.0. The molecule has 0 saturated heterocycles. The summed E-state index contributed by atoms with van der Waals surface area (Å²) in [5, 5.41) is 0. The Bertz CT molecular complexity index is 1130. The Balaban J connectivity index is 1.58. The van der Waals surface area contributed by atoms with Crippen molar-refractivity contribution in [3.63, 3.8) is 0 Å². The van der Waals surface area contributed by atoms with Crippen molar-refractivity contribution in [2.24, 2.45) is 0 Å². The fourth-order valence-corrected chi connectivity index (χ4v) is 4.97. The third-order valence-corrected chi connectivity index (χ3v) is 7.22. The number of carbonyl (C=O) groups excluding carboxylic acids is 1. The smallest absolute Gasteiger partial charge is 0.264 e. The van der Waals surface area contributed by atoms with Crippen LogP contribution in [0.15, 0.2) is 73.1 Å². The Morgan fingerprint density at radius 2 is 1.48 bits per heavy atom. The second-order valence-electron chi connectivity index (χ2n) is 10.6. The average Bonchev–Trinajstić information content (AvgIpc) is 2.99. The van der Waals surface area contributed by atoms with Crippen LogP contribution in [-0.4, -0.2) is 19.6 Å². The van der Waals surface area contributed by atoms with E-state index in [-0.39, 0.29) is 5.91 Å². The largest absolute Gasteiger partial charge is 0.493 e. The molecule has 0 saturated carbocycles. The Morgan fingerprint density at radius 1 is 0.775 bits per heavy atom. The third kappa shape index (κ3) is 10.3. The number of aromatic nitrogens is 1. The number of benzene rings is 2. The summed E-state index contributed by atoms with van der Waals surface area (Å²) in [6.45, 7) is 6.40. The minimum Gasteiger partial charge on any atom is -0.493 e. The molecule has 216 valence electrons. The highest BCUT2D eigenvalue weighted by molar-refractivity contribution is 6.05. The summed E-state index contributed by atoms with van der Waals surface area (Å²) < 4.78 is 13.8. The van der Waals surface area contributed by atoms with Gasteiger partial charge in [-0.05, 0) is 42.3 Å². The van der Waals surface area contributed by atoms with E-state index in [9.17, 15) is 4.79 Å². The van der Waals surface area contributed by atoms with E-state index in [0.717, 1.165) is 36.4 Å². The molecular weight excluding hydrogens is 496 g/mol. The molecule has 0 aliphatic carbocycles. The average molecular weight is 546 g/mol. The summed E-state index contributed by atoms with van der Waals surface area (Å²) in [5.41, 5.74) is 2.51. The molecule has 0 bridgehead atoms. The Hall–Kier alpha value is -3.34. The first-order chi connectivity index (χ1) is 19.7. The first kappa shape index (κ1) is 31.2. The number of ether oxygens (including phenoxy) is 2. The van der Waals surface area contributed by atoms with Gasteiger partial charge in [-0.15, -0.1) is 0 Å². The molecule has 1 amide bonds. The minimum absolute atomic E-state index is 0.0306. The first-order valence-corrected chi connectivity index (χ1v) is 15.3. The summed E-state index contributed by atoms with van der Waals surface area (Å²) >= 11 is 0. The molecule has 0 fully saturated rings. The lowest BCUT2D eigenvalue weighted by atomic mass is 10.1. The molecule has 0 radical (unpaired) electrons. The Labute approximate surface area is 242 Å². The number of para-hydroxylation sites is 1. The second-order valence-corrected chi connectivity index (χ2v) is 10.6. The van der Waals surface area contributed by atoms with Gasteiger partial charge in [-0.25, -0.2) is 4.57 Å². The maximum absolute atomic E-state index is 13.7. The van der Waals surface area contributed by atoms with E-state index in [0.29, 0.717) is 24.5 Å². The van der Waals surface area contributed by atoms with Crippen LogP contribution in [0.25, 0.3) is 0 Å². The zero-order valence-electron chi connectivity index (χ0n) is 24.9. The molecule has 1 heterocycles. The van der Waals surface area contributed by atoms with Crippen molar-refractivity contribution in [1.29, 1.82) is 0 Å². The molecule has 40 heavy (non-hydrogen) atoms. The van der Waals surface area contributed by atoms with Crippen molar-refractivity contribution in [3.05, 3.63) is 84.2 Å². The fraction of sp³-hybridized carbons (Fsp3) is 0.486. The van der Waals surface area contributed by atoms with Crippen LogP contribution in [-0.2, 0) is 13.1 Å². The van der Waals surface area contributed by atoms with Gasteiger partial charge < -0.3 is 14.4 Å². The number of nitrogens with zero attached hydrogens (tertiary/aromatic N) is 2. The highest BCUT2D eigenvalue weighted by Crippen LogP contribution is 2.30. The van der Waals surface area contributed by atoms with Crippen molar-refractivity contribution < 1.29 is 18.8 Å². The quantitative estimate of drug-likeness (QED) is 0.112. The summed E-state index contributed by atoms with van der Waals surface area (Å²) in [5.74, 6) is 1.42. The van der Waals surface area contributed by atoms with Gasteiger partial charge in [0.2, 0.25) is 0 Å². The van der Waals surface area contributed by atoms with E-state index in [1.54, 1.807) is 7.11 Å². The van der Waals surface area contributed by atoms with Crippen LogP contribution < -0.4 is 18.9 Å². The first-order valence-electron chi connectivity index (χ1n) is 15.3. The molecule has 0 N–H and O–H groups in total. The van der Waals surface area contributed by atoms with Crippen molar-refractivity contribution in [2.75, 3.05) is 18.6 Å². The van der Waals surface area contributed by atoms with Crippen LogP contribution in [0.4, 0.5) is 5.69 Å². The highest BCUT2D eigenvalue weighted by Gasteiger charge is 2.21. The molecule has 5 nitrogen and oxygen atoms in total. The monoisotopic (exact) mass is 545 g/mol. The van der Waals surface area contributed by atoms with E-state index in [1.807, 2.05) is 78.0 Å². The molecule has 2 aromatic carbocycles. The normalized spacial score (nSPS) is 10.9. The Morgan fingerprint density at radius 3 is 2.15 bits per heavy atom. The number of aryl methyl sites for hydroxylation is 1. The molecule has 3 aromatic rings. The van der Waals surface area contributed by atoms with Crippen LogP contribution >= 0.6 is 0 Å². The molecular formula is C35H49N2O3+. The molecule has 0 atom stereocenters. The number of pyridine rings is 1. The lowest BCUT2D eigenvalue weighted by molar-refractivity contribution is -0.697. The maximum Gasteiger partial charge on any atom is 0.264 e. The lowest BCUT2D eigenvalue weighted by Crippen LogP contribution is -2.36. The Kier molecular flexibility index (Phi) is 14.1. The van der Waals surface area contributed by atoms with Crippen molar-refractivity contribution in [1.82, 2.24) is 0 Å². The zero-order valence-corrected chi connectivity index (χ0v) is 24.9. The second kappa shape index (κ2) is 18.1. The molecule has 0 unspecified atom stereocenters. The summed E-state index contributed by atoms with van der Waals surface area (Å²) in [4.78, 5) is 15.5. The van der Waals surface area contributed by atoms with Gasteiger partial charge in [0, 0.05) is 18.2 Å². The predicted molar refractivity (Wildman–Crippen MR) is 164 cm³/mol. The van der Waals surface area contributed by atoms with Crippen molar-refractivity contribution in [3.8, 4) is 11.5 Å². The zero-order chi connectivity index (χ0) is 28.4. The van der Waals surface area contributed by atoms with Gasteiger partial charge >= 0.3 is 0 Å².